The van der Waals surface area contributed by atoms with Crippen molar-refractivity contribution in [1.82, 2.24) is 0 Å². The molecule has 0 heterocycles. The molecule has 1 nitrogen and oxygen atoms in total. The lowest BCUT2D eigenvalue weighted by Crippen LogP contribution is -2.40. The van der Waals surface area contributed by atoms with Crippen LogP contribution in [0.15, 0.2) is 24.3 Å². The summed E-state index contributed by atoms with van der Waals surface area (Å²) in [5, 5.41) is 0.310. The van der Waals surface area contributed by atoms with Crippen LogP contribution in [-0.2, 0) is 4.43 Å². The van der Waals surface area contributed by atoms with Gasteiger partial charge in [-0.2, -0.15) is 0 Å². The Morgan fingerprint density at radius 3 is 2.12 bits per heavy atom. The predicted octanol–water partition coefficient (Wildman–Crippen LogP) is 7.26. The van der Waals surface area contributed by atoms with Crippen LogP contribution in [0, 0.1) is 11.8 Å². The second-order valence-corrected chi connectivity index (χ2v) is 12.8. The van der Waals surface area contributed by atoms with Gasteiger partial charge in [0.1, 0.15) is 0 Å². The monoisotopic (exact) mass is 348 g/mol. The van der Waals surface area contributed by atoms with E-state index >= 15 is 0 Å². The molecular weight excluding hydrogens is 308 g/mol. The van der Waals surface area contributed by atoms with Crippen molar-refractivity contribution in [1.29, 1.82) is 0 Å². The zero-order valence-electron chi connectivity index (χ0n) is 17.1. The minimum atomic E-state index is -1.56. The Bertz CT molecular complexity index is 415. The minimum Gasteiger partial charge on any atom is -0.417 e. The molecule has 0 radical (unpaired) electrons. The molecule has 0 aliphatic rings. The second kappa shape index (κ2) is 13.5. The van der Waals surface area contributed by atoms with E-state index in [2.05, 4.69) is 76.9 Å². The maximum Gasteiger partial charge on any atom is 0.191 e. The van der Waals surface area contributed by atoms with E-state index in [1.165, 1.54) is 19.3 Å². The third-order valence-corrected chi connectivity index (χ3v) is 9.17. The predicted molar refractivity (Wildman–Crippen MR) is 112 cm³/mol. The van der Waals surface area contributed by atoms with Gasteiger partial charge in [-0.25, -0.2) is 0 Å². The first kappa shape index (κ1) is 23.2. The molecule has 24 heavy (non-hydrogen) atoms. The van der Waals surface area contributed by atoms with Gasteiger partial charge in [0.2, 0.25) is 0 Å². The first-order valence-electron chi connectivity index (χ1n) is 9.72. The fourth-order valence-electron chi connectivity index (χ4n) is 1.89. The van der Waals surface area contributed by atoms with Crippen LogP contribution in [0.25, 0.3) is 0 Å². The van der Waals surface area contributed by atoms with Gasteiger partial charge in [0.25, 0.3) is 0 Å². The Labute approximate surface area is 153 Å². The van der Waals surface area contributed by atoms with Crippen molar-refractivity contribution in [2.24, 2.45) is 0 Å². The fourth-order valence-corrected chi connectivity index (χ4v) is 2.98. The van der Waals surface area contributed by atoms with Gasteiger partial charge >= 0.3 is 0 Å². The Hall–Kier alpha value is -0.783. The van der Waals surface area contributed by atoms with E-state index in [-0.39, 0.29) is 0 Å². The highest BCUT2D eigenvalue weighted by molar-refractivity contribution is 6.74. The molecule has 0 unspecified atom stereocenters. The van der Waals surface area contributed by atoms with E-state index in [1.54, 1.807) is 0 Å². The first-order valence-corrected chi connectivity index (χ1v) is 12.6. The topological polar surface area (TPSA) is 9.23 Å². The van der Waals surface area contributed by atoms with Crippen LogP contribution in [0.4, 0.5) is 0 Å². The second-order valence-electron chi connectivity index (χ2n) is 7.96. The lowest BCUT2D eigenvalue weighted by molar-refractivity contribution is 0.283. The molecule has 138 valence electrons. The molecule has 0 atom stereocenters. The summed E-state index contributed by atoms with van der Waals surface area (Å²) in [6.07, 6.45) is 17.9. The molecule has 0 fully saturated rings. The average Bonchev–Trinajstić information content (AvgIpc) is 2.50. The highest BCUT2D eigenvalue weighted by Crippen LogP contribution is 2.36. The molecule has 0 aromatic heterocycles. The van der Waals surface area contributed by atoms with Gasteiger partial charge in [-0.1, -0.05) is 64.8 Å². The van der Waals surface area contributed by atoms with Crippen LogP contribution in [0.2, 0.25) is 18.1 Å². The summed E-state index contributed by atoms with van der Waals surface area (Å²) >= 11 is 0. The average molecular weight is 349 g/mol. The summed E-state index contributed by atoms with van der Waals surface area (Å²) in [5.74, 6) is 6.51. The van der Waals surface area contributed by atoms with Gasteiger partial charge < -0.3 is 4.43 Å². The van der Waals surface area contributed by atoms with Crippen molar-refractivity contribution in [3.8, 4) is 11.8 Å². The highest BCUT2D eigenvalue weighted by atomic mass is 28.4. The quantitative estimate of drug-likeness (QED) is 0.165. The van der Waals surface area contributed by atoms with E-state index in [1.807, 2.05) is 0 Å². The smallest absolute Gasteiger partial charge is 0.191 e. The van der Waals surface area contributed by atoms with Crippen molar-refractivity contribution in [3.63, 3.8) is 0 Å². The summed E-state index contributed by atoms with van der Waals surface area (Å²) in [5.41, 5.74) is 0. The van der Waals surface area contributed by atoms with Crippen molar-refractivity contribution in [2.45, 2.75) is 97.2 Å². The third kappa shape index (κ3) is 12.6. The summed E-state index contributed by atoms with van der Waals surface area (Å²) in [6.45, 7) is 14.6. The standard InChI is InChI=1S/C22H40OSi/c1-7-8-9-10-11-12-13-14-15-16-17-18-19-20-21-23-24(5,6)22(2,3)4/h15-18H,7-10,13-14,19-21H2,1-6H3/b16-15-,18-17+. The van der Waals surface area contributed by atoms with Crippen LogP contribution in [0.1, 0.15) is 79.1 Å². The summed E-state index contributed by atoms with van der Waals surface area (Å²) in [7, 11) is -1.56. The highest BCUT2D eigenvalue weighted by Gasteiger charge is 2.36. The molecule has 0 aliphatic carbocycles. The summed E-state index contributed by atoms with van der Waals surface area (Å²) < 4.78 is 6.17. The first-order chi connectivity index (χ1) is 11.3. The van der Waals surface area contributed by atoms with Gasteiger partial charge in [-0.3, -0.25) is 0 Å². The minimum absolute atomic E-state index is 0.310. The zero-order chi connectivity index (χ0) is 18.3. The van der Waals surface area contributed by atoms with Crippen LogP contribution in [-0.4, -0.2) is 14.9 Å². The lowest BCUT2D eigenvalue weighted by atomic mass is 10.2. The molecule has 0 amide bonds. The van der Waals surface area contributed by atoms with Crippen LogP contribution < -0.4 is 0 Å². The van der Waals surface area contributed by atoms with Crippen molar-refractivity contribution >= 4 is 8.32 Å². The number of hydrogen-bond donors (Lipinski definition) is 0. The van der Waals surface area contributed by atoms with Gasteiger partial charge in [-0.05, 0) is 43.8 Å². The molecule has 0 bridgehead atoms. The van der Waals surface area contributed by atoms with E-state index in [0.717, 1.165) is 38.7 Å². The molecule has 0 saturated heterocycles. The molecule has 0 aliphatic heterocycles. The number of unbranched alkanes of at least 4 members (excludes halogenated alkanes) is 5. The van der Waals surface area contributed by atoms with Gasteiger partial charge in [0.15, 0.2) is 8.32 Å². The Morgan fingerprint density at radius 2 is 1.50 bits per heavy atom. The molecule has 0 aromatic carbocycles. The molecule has 0 N–H and O–H groups in total. The summed E-state index contributed by atoms with van der Waals surface area (Å²) in [4.78, 5) is 0. The van der Waals surface area contributed by atoms with Crippen LogP contribution in [0.3, 0.4) is 0 Å². The molecule has 0 spiro atoms. The van der Waals surface area contributed by atoms with Crippen molar-refractivity contribution < 1.29 is 4.43 Å². The maximum absolute atomic E-state index is 6.17. The number of hydrogen-bond acceptors (Lipinski definition) is 1. The zero-order valence-corrected chi connectivity index (χ0v) is 18.1. The van der Waals surface area contributed by atoms with Gasteiger partial charge in [-0.15, -0.1) is 11.8 Å². The SMILES string of the molecule is CCCCCC#CCC/C=C\C=C\CCCO[Si](C)(C)C(C)(C)C. The number of rotatable bonds is 11. The normalized spacial score (nSPS) is 12.8. The van der Waals surface area contributed by atoms with Crippen LogP contribution >= 0.6 is 0 Å². The Kier molecular flexibility index (Phi) is 13.1. The largest absolute Gasteiger partial charge is 0.417 e. The molecule has 2 heteroatoms. The van der Waals surface area contributed by atoms with Crippen molar-refractivity contribution in [2.75, 3.05) is 6.61 Å². The lowest BCUT2D eigenvalue weighted by Gasteiger charge is -2.36. The van der Waals surface area contributed by atoms with E-state index in [0.29, 0.717) is 5.04 Å². The van der Waals surface area contributed by atoms with E-state index in [4.69, 9.17) is 4.43 Å². The molecular formula is C22H40OSi. The van der Waals surface area contributed by atoms with Crippen molar-refractivity contribution in [3.05, 3.63) is 24.3 Å². The molecule has 0 aromatic rings. The van der Waals surface area contributed by atoms with Crippen LogP contribution in [0.5, 0.6) is 0 Å². The molecule has 0 rings (SSSR count). The third-order valence-electron chi connectivity index (χ3n) is 4.63. The van der Waals surface area contributed by atoms with Gasteiger partial charge in [0, 0.05) is 19.4 Å². The van der Waals surface area contributed by atoms with Gasteiger partial charge in [0.05, 0.1) is 0 Å². The molecule has 0 saturated carbocycles. The number of allylic oxidation sites excluding steroid dienone is 4. The summed E-state index contributed by atoms with van der Waals surface area (Å²) in [6, 6.07) is 0. The van der Waals surface area contributed by atoms with E-state index in [9.17, 15) is 0 Å². The van der Waals surface area contributed by atoms with E-state index < -0.39 is 8.32 Å². The fraction of sp³-hybridized carbons (Fsp3) is 0.727. The Morgan fingerprint density at radius 1 is 0.875 bits per heavy atom. The Balaban J connectivity index is 3.62. The maximum atomic E-state index is 6.17.